The Labute approximate surface area is 277 Å². The second kappa shape index (κ2) is 15.7. The van der Waals surface area contributed by atoms with E-state index >= 15 is 0 Å². The Morgan fingerprint density at radius 3 is 2.41 bits per heavy atom. The summed E-state index contributed by atoms with van der Waals surface area (Å²) in [7, 11) is 0. The number of aromatic nitrogens is 2. The smallest absolute Gasteiger partial charge is 0.392 e. The van der Waals surface area contributed by atoms with Gasteiger partial charge < -0.3 is 9.64 Å². The standard InChI is InChI=1S/C37H60N6O3/c1-4-5-6-7-8-10-13-16-28-24-30-20-21-33-34(27(3)39-36(40-28)42(30)33)35(44)46-22-15-12-9-11-14-17-32-25-31-19-18-29-23-26(2)38-37(41(29)31)43(32)45/h26,28-32,45H,4-25H2,1-3H3/p+1/t26-,28-,29+,30+,31+,32-/m1/s1. The van der Waals surface area contributed by atoms with Crippen LogP contribution in [0.4, 0.5) is 5.95 Å². The van der Waals surface area contributed by atoms with Crippen LogP contribution in [0.2, 0.25) is 0 Å². The summed E-state index contributed by atoms with van der Waals surface area (Å²) in [5.74, 6) is 1.58. The molecule has 46 heavy (non-hydrogen) atoms. The zero-order valence-electron chi connectivity index (χ0n) is 29.0. The molecule has 0 radical (unpaired) electrons. The van der Waals surface area contributed by atoms with Gasteiger partial charge >= 0.3 is 11.9 Å². The van der Waals surface area contributed by atoms with Crippen LogP contribution in [-0.2, 0) is 11.2 Å². The van der Waals surface area contributed by atoms with Crippen LogP contribution in [0.1, 0.15) is 170 Å². The molecule has 2 fully saturated rings. The number of hydrogen-bond donors (Lipinski definition) is 2. The quantitative estimate of drug-likeness (QED) is 0.104. The van der Waals surface area contributed by atoms with Gasteiger partial charge in [-0.15, -0.1) is 0 Å². The first-order valence-electron chi connectivity index (χ1n) is 19.2. The molecule has 0 spiro atoms. The minimum absolute atomic E-state index is 0.180. The van der Waals surface area contributed by atoms with Gasteiger partial charge in [0, 0.05) is 24.9 Å². The first-order chi connectivity index (χ1) is 22.4. The monoisotopic (exact) mass is 637 g/mol. The molecule has 6 atom stereocenters. The molecule has 0 unspecified atom stereocenters. The number of guanidine groups is 1. The minimum Gasteiger partial charge on any atom is -0.462 e. The van der Waals surface area contributed by atoms with Crippen molar-refractivity contribution in [3.63, 3.8) is 0 Å². The lowest BCUT2D eigenvalue weighted by Crippen LogP contribution is -2.60. The van der Waals surface area contributed by atoms with Gasteiger partial charge in [-0.3, -0.25) is 10.5 Å². The van der Waals surface area contributed by atoms with Gasteiger partial charge in [-0.1, -0.05) is 82.5 Å². The van der Waals surface area contributed by atoms with Crippen molar-refractivity contribution in [2.24, 2.45) is 4.99 Å². The van der Waals surface area contributed by atoms with E-state index in [1.165, 1.54) is 69.3 Å². The number of nitrogens with one attached hydrogen (secondary N) is 1. The van der Waals surface area contributed by atoms with E-state index in [-0.39, 0.29) is 12.0 Å². The number of anilines is 1. The number of unbranched alkanes of at least 4 members (excludes halogenated alkanes) is 10. The number of nitrogens with zero attached hydrogens (tertiary/aromatic N) is 5. The van der Waals surface area contributed by atoms with Gasteiger partial charge in [-0.2, -0.15) is 0 Å². The lowest BCUT2D eigenvalue weighted by Gasteiger charge is -2.47. The Morgan fingerprint density at radius 2 is 1.63 bits per heavy atom. The van der Waals surface area contributed by atoms with E-state index in [1.807, 2.05) is 6.92 Å². The fraction of sp³-hybridized carbons (Fsp3) is 0.838. The first-order valence-corrected chi connectivity index (χ1v) is 19.2. The number of carbonyl (C=O) groups is 1. The number of esters is 1. The van der Waals surface area contributed by atoms with Crippen LogP contribution in [0.15, 0.2) is 4.99 Å². The second-order valence-electron chi connectivity index (χ2n) is 15.1. The molecule has 0 aromatic carbocycles. The molecule has 0 bridgehead atoms. The molecule has 0 aliphatic carbocycles. The lowest BCUT2D eigenvalue weighted by atomic mass is 9.96. The fourth-order valence-corrected chi connectivity index (χ4v) is 9.20. The van der Waals surface area contributed by atoms with Crippen LogP contribution in [0.5, 0.6) is 0 Å². The highest BCUT2D eigenvalue weighted by Gasteiger charge is 2.47. The van der Waals surface area contributed by atoms with Gasteiger partial charge in [0.15, 0.2) is 0 Å². The minimum atomic E-state index is -0.204. The number of rotatable bonds is 17. The molecular formula is C37H61N6O3+. The molecule has 0 amide bonds. The molecule has 1 aromatic heterocycles. The Balaban J connectivity index is 0.891. The third kappa shape index (κ3) is 7.50. The molecule has 2 saturated heterocycles. The van der Waals surface area contributed by atoms with Crippen molar-refractivity contribution in [1.29, 1.82) is 0 Å². The molecule has 9 heteroatoms. The molecule has 0 saturated carbocycles. The molecule has 1 aromatic rings. The summed E-state index contributed by atoms with van der Waals surface area (Å²) in [6.45, 7) is 6.88. The van der Waals surface area contributed by atoms with Crippen molar-refractivity contribution < 1.29 is 19.3 Å². The molecular weight excluding hydrogens is 576 g/mol. The lowest BCUT2D eigenvalue weighted by molar-refractivity contribution is -0.710. The molecule has 5 aliphatic rings. The van der Waals surface area contributed by atoms with Crippen LogP contribution in [0.3, 0.4) is 0 Å². The van der Waals surface area contributed by atoms with Crippen LogP contribution in [0.25, 0.3) is 0 Å². The highest BCUT2D eigenvalue weighted by atomic mass is 16.5. The maximum absolute atomic E-state index is 13.3. The molecule has 6 rings (SSSR count). The Morgan fingerprint density at radius 1 is 0.935 bits per heavy atom. The molecule has 256 valence electrons. The number of ether oxygens (including phenoxy) is 1. The maximum atomic E-state index is 13.3. The van der Waals surface area contributed by atoms with Crippen molar-refractivity contribution in [2.45, 2.75) is 192 Å². The SMILES string of the molecule is CCCCCCCCC[C@@H]1C[C@@H]2CCc3c(C(=O)OCCCCCCC[C@@H]4C[C@@H]5CC[C@H]6C[C@@H](C)N=C(N4O)N56)c(C)nc([n+]32)N1. The summed E-state index contributed by atoms with van der Waals surface area (Å²) in [6, 6.07) is 2.52. The zero-order chi connectivity index (χ0) is 32.0. The summed E-state index contributed by atoms with van der Waals surface area (Å²) in [5, 5.41) is 16.2. The van der Waals surface area contributed by atoms with Crippen LogP contribution >= 0.6 is 0 Å². The van der Waals surface area contributed by atoms with Crippen molar-refractivity contribution in [3.8, 4) is 0 Å². The van der Waals surface area contributed by atoms with Crippen molar-refractivity contribution >= 4 is 17.9 Å². The van der Waals surface area contributed by atoms with Crippen LogP contribution < -0.4 is 9.88 Å². The highest BCUT2D eigenvalue weighted by Crippen LogP contribution is 2.39. The maximum Gasteiger partial charge on any atom is 0.392 e. The van der Waals surface area contributed by atoms with E-state index in [4.69, 9.17) is 14.7 Å². The average molecular weight is 638 g/mol. The fourth-order valence-electron chi connectivity index (χ4n) is 9.20. The number of carbonyl (C=O) groups excluding carboxylic acids is 1. The number of aryl methyl sites for hydroxylation is 1. The summed E-state index contributed by atoms with van der Waals surface area (Å²) in [6.07, 6.45) is 24.7. The third-order valence-electron chi connectivity index (χ3n) is 11.6. The number of hydroxylamine groups is 2. The summed E-state index contributed by atoms with van der Waals surface area (Å²) in [5.41, 5.74) is 2.61. The van der Waals surface area contributed by atoms with Crippen molar-refractivity contribution in [2.75, 3.05) is 11.9 Å². The summed E-state index contributed by atoms with van der Waals surface area (Å²) in [4.78, 5) is 25.4. The number of hydrogen-bond acceptors (Lipinski definition) is 8. The van der Waals surface area contributed by atoms with E-state index in [0.29, 0.717) is 42.4 Å². The van der Waals surface area contributed by atoms with Gasteiger partial charge in [-0.25, -0.2) is 19.4 Å². The van der Waals surface area contributed by atoms with E-state index in [1.54, 1.807) is 0 Å². The van der Waals surface area contributed by atoms with Gasteiger partial charge in [0.1, 0.15) is 11.3 Å². The van der Waals surface area contributed by atoms with E-state index in [2.05, 4.69) is 28.6 Å². The Kier molecular flexibility index (Phi) is 11.4. The summed E-state index contributed by atoms with van der Waals surface area (Å²) < 4.78 is 8.13. The number of aliphatic imine (C=N–C) groups is 1. The molecule has 2 N–H and O–H groups in total. The van der Waals surface area contributed by atoms with E-state index in [9.17, 15) is 10.0 Å². The predicted molar refractivity (Wildman–Crippen MR) is 181 cm³/mol. The normalized spacial score (nSPS) is 27.7. The second-order valence-corrected chi connectivity index (χ2v) is 15.1. The highest BCUT2D eigenvalue weighted by molar-refractivity contribution is 5.91. The average Bonchev–Trinajstić information content (AvgIpc) is 3.65. The predicted octanol–water partition coefficient (Wildman–Crippen LogP) is 7.43. The topological polar surface area (TPSA) is 94.2 Å². The van der Waals surface area contributed by atoms with Crippen LogP contribution in [-0.4, -0.2) is 68.9 Å². The van der Waals surface area contributed by atoms with Crippen molar-refractivity contribution in [3.05, 3.63) is 17.0 Å². The molecule has 6 heterocycles. The Bertz CT molecular complexity index is 1220. The van der Waals surface area contributed by atoms with Crippen LogP contribution in [0, 0.1) is 6.92 Å². The van der Waals surface area contributed by atoms with Crippen molar-refractivity contribution in [1.82, 2.24) is 14.9 Å². The van der Waals surface area contributed by atoms with Gasteiger partial charge in [0.2, 0.25) is 5.96 Å². The third-order valence-corrected chi connectivity index (χ3v) is 11.6. The largest absolute Gasteiger partial charge is 0.462 e. The van der Waals surface area contributed by atoms with E-state index in [0.717, 1.165) is 93.9 Å². The molecule has 9 nitrogen and oxygen atoms in total. The summed E-state index contributed by atoms with van der Waals surface area (Å²) >= 11 is 0. The zero-order valence-corrected chi connectivity index (χ0v) is 29.0. The van der Waals surface area contributed by atoms with E-state index < -0.39 is 0 Å². The molecule has 5 aliphatic heterocycles. The first kappa shape index (κ1) is 33.5. The Hall–Kier alpha value is -2.42. The van der Waals surface area contributed by atoms with Gasteiger partial charge in [-0.05, 0) is 65.2 Å². The van der Waals surface area contributed by atoms with Gasteiger partial charge in [0.05, 0.1) is 36.5 Å². The van der Waals surface area contributed by atoms with Gasteiger partial charge in [0.25, 0.3) is 0 Å².